The third kappa shape index (κ3) is 8.14. The molecule has 1 N–H and O–H groups in total. The molecule has 0 heterocycles. The van der Waals surface area contributed by atoms with Gasteiger partial charge < -0.3 is 10.2 Å². The van der Waals surface area contributed by atoms with E-state index in [-0.39, 0.29) is 24.8 Å². The molecule has 3 aromatic carbocycles. The van der Waals surface area contributed by atoms with Crippen LogP contribution in [-0.4, -0.2) is 28.3 Å². The fourth-order valence-electron chi connectivity index (χ4n) is 3.77. The second-order valence-corrected chi connectivity index (χ2v) is 11.3. The molecular weight excluding hydrogens is 538 g/mol. The minimum atomic E-state index is -0.778. The van der Waals surface area contributed by atoms with Gasteiger partial charge in [0, 0.05) is 28.5 Å². The van der Waals surface area contributed by atoms with Crippen LogP contribution in [0.5, 0.6) is 0 Å². The van der Waals surface area contributed by atoms with E-state index in [2.05, 4.69) is 5.32 Å². The van der Waals surface area contributed by atoms with Crippen LogP contribution in [0.3, 0.4) is 0 Å². The molecule has 0 aliphatic carbocycles. The molecule has 8 heteroatoms. The van der Waals surface area contributed by atoms with E-state index in [4.69, 9.17) is 46.4 Å². The summed E-state index contributed by atoms with van der Waals surface area (Å²) in [5.74, 6) is -0.503. The zero-order chi connectivity index (χ0) is 26.5. The SMILES string of the molecule is CC(C)(C)NC(=O)[C@@H](Cc1ccccc1)N(Cc1ccc(Cl)c(Cl)c1)C(=O)Cc1ccc(Cl)cc1Cl. The molecule has 0 saturated carbocycles. The summed E-state index contributed by atoms with van der Waals surface area (Å²) in [4.78, 5) is 29.0. The standard InChI is InChI=1S/C28H28Cl4N2O2/c1-28(2,3)33-27(36)25(14-18-7-5-4-6-8-18)34(17-19-9-12-22(30)24(32)13-19)26(35)15-20-10-11-21(29)16-23(20)31/h4-13,16,25H,14-15,17H2,1-3H3,(H,33,36)/t25-/m1/s1. The lowest BCUT2D eigenvalue weighted by molar-refractivity contribution is -0.141. The maximum Gasteiger partial charge on any atom is 0.243 e. The molecule has 0 saturated heterocycles. The summed E-state index contributed by atoms with van der Waals surface area (Å²) in [5.41, 5.74) is 1.83. The lowest BCUT2D eigenvalue weighted by atomic mass is 10.00. The van der Waals surface area contributed by atoms with Crippen molar-refractivity contribution < 1.29 is 9.59 Å². The van der Waals surface area contributed by atoms with E-state index in [1.165, 1.54) is 0 Å². The Labute approximate surface area is 232 Å². The van der Waals surface area contributed by atoms with Gasteiger partial charge in [0.05, 0.1) is 16.5 Å². The molecule has 0 aromatic heterocycles. The third-order valence-corrected chi connectivity index (χ3v) is 6.79. The van der Waals surface area contributed by atoms with Gasteiger partial charge in [0.2, 0.25) is 11.8 Å². The van der Waals surface area contributed by atoms with Gasteiger partial charge in [-0.05, 0) is 61.7 Å². The van der Waals surface area contributed by atoms with Crippen LogP contribution in [0, 0.1) is 0 Å². The Balaban J connectivity index is 2.03. The van der Waals surface area contributed by atoms with Crippen molar-refractivity contribution in [3.8, 4) is 0 Å². The molecule has 0 unspecified atom stereocenters. The lowest BCUT2D eigenvalue weighted by Crippen LogP contribution is -2.54. The highest BCUT2D eigenvalue weighted by Gasteiger charge is 2.32. The highest BCUT2D eigenvalue weighted by molar-refractivity contribution is 6.42. The Morgan fingerprint density at radius 3 is 2.14 bits per heavy atom. The Morgan fingerprint density at radius 2 is 1.53 bits per heavy atom. The zero-order valence-electron chi connectivity index (χ0n) is 20.3. The summed E-state index contributed by atoms with van der Waals surface area (Å²) < 4.78 is 0. The van der Waals surface area contributed by atoms with Crippen molar-refractivity contribution in [1.82, 2.24) is 10.2 Å². The molecule has 4 nitrogen and oxygen atoms in total. The van der Waals surface area contributed by atoms with Crippen LogP contribution < -0.4 is 5.32 Å². The van der Waals surface area contributed by atoms with E-state index in [9.17, 15) is 9.59 Å². The molecule has 2 amide bonds. The highest BCUT2D eigenvalue weighted by Crippen LogP contribution is 2.26. The fourth-order valence-corrected chi connectivity index (χ4v) is 4.57. The van der Waals surface area contributed by atoms with Crippen LogP contribution in [0.1, 0.15) is 37.5 Å². The average molecular weight is 566 g/mol. The summed E-state index contributed by atoms with van der Waals surface area (Å²) in [5, 5.41) is 4.71. The van der Waals surface area contributed by atoms with Gasteiger partial charge in [-0.1, -0.05) is 88.9 Å². The van der Waals surface area contributed by atoms with E-state index in [1.807, 2.05) is 51.1 Å². The van der Waals surface area contributed by atoms with Gasteiger partial charge >= 0.3 is 0 Å². The summed E-state index contributed by atoms with van der Waals surface area (Å²) in [6.07, 6.45) is 0.343. The Bertz CT molecular complexity index is 1230. The largest absolute Gasteiger partial charge is 0.350 e. The maximum atomic E-state index is 13.8. The third-order valence-electron chi connectivity index (χ3n) is 5.46. The molecule has 0 fully saturated rings. The number of carbonyl (C=O) groups is 2. The molecule has 1 atom stereocenters. The number of nitrogens with zero attached hydrogens (tertiary/aromatic N) is 1. The molecule has 0 spiro atoms. The van der Waals surface area contributed by atoms with Gasteiger partial charge in [-0.25, -0.2) is 0 Å². The van der Waals surface area contributed by atoms with E-state index >= 15 is 0 Å². The first-order valence-corrected chi connectivity index (χ1v) is 13.0. The Hall–Kier alpha value is -2.24. The van der Waals surface area contributed by atoms with Gasteiger partial charge in [-0.15, -0.1) is 0 Å². The van der Waals surface area contributed by atoms with Crippen LogP contribution in [0.2, 0.25) is 20.1 Å². The number of nitrogens with one attached hydrogen (secondary N) is 1. The molecular formula is C28H28Cl4N2O2. The molecule has 3 aromatic rings. The first-order valence-electron chi connectivity index (χ1n) is 11.5. The van der Waals surface area contributed by atoms with Crippen LogP contribution in [-0.2, 0) is 29.0 Å². The van der Waals surface area contributed by atoms with Crippen molar-refractivity contribution in [2.24, 2.45) is 0 Å². The van der Waals surface area contributed by atoms with Crippen molar-refractivity contribution in [3.05, 3.63) is 104 Å². The normalized spacial score (nSPS) is 12.2. The van der Waals surface area contributed by atoms with Crippen molar-refractivity contribution in [2.45, 2.75) is 51.7 Å². The van der Waals surface area contributed by atoms with Crippen LogP contribution >= 0.6 is 46.4 Å². The second-order valence-electron chi connectivity index (χ2n) is 9.63. The molecule has 0 aliphatic rings. The number of carbonyl (C=O) groups excluding carboxylic acids is 2. The van der Waals surface area contributed by atoms with Crippen molar-refractivity contribution >= 4 is 58.2 Å². The number of rotatable bonds is 8. The first kappa shape index (κ1) is 28.3. The number of amides is 2. The van der Waals surface area contributed by atoms with E-state index in [1.54, 1.807) is 41.3 Å². The summed E-state index contributed by atoms with van der Waals surface area (Å²) >= 11 is 24.8. The second kappa shape index (κ2) is 12.3. The maximum absolute atomic E-state index is 13.8. The van der Waals surface area contributed by atoms with E-state index < -0.39 is 11.6 Å². The number of hydrogen-bond acceptors (Lipinski definition) is 2. The fraction of sp³-hybridized carbons (Fsp3) is 0.286. The Morgan fingerprint density at radius 1 is 0.833 bits per heavy atom. The first-order chi connectivity index (χ1) is 16.9. The van der Waals surface area contributed by atoms with Crippen molar-refractivity contribution in [3.63, 3.8) is 0 Å². The topological polar surface area (TPSA) is 49.4 Å². The minimum Gasteiger partial charge on any atom is -0.350 e. The van der Waals surface area contributed by atoms with E-state index in [0.717, 1.165) is 11.1 Å². The molecule has 190 valence electrons. The van der Waals surface area contributed by atoms with Gasteiger partial charge in [0.1, 0.15) is 6.04 Å². The number of halogens is 4. The van der Waals surface area contributed by atoms with Gasteiger partial charge in [-0.3, -0.25) is 9.59 Å². The highest BCUT2D eigenvalue weighted by atomic mass is 35.5. The van der Waals surface area contributed by atoms with Crippen LogP contribution in [0.25, 0.3) is 0 Å². The van der Waals surface area contributed by atoms with E-state index in [0.29, 0.717) is 32.1 Å². The number of benzene rings is 3. The minimum absolute atomic E-state index is 0.00537. The predicted molar refractivity (Wildman–Crippen MR) is 149 cm³/mol. The van der Waals surface area contributed by atoms with Crippen LogP contribution in [0.15, 0.2) is 66.7 Å². The monoisotopic (exact) mass is 564 g/mol. The average Bonchev–Trinajstić information content (AvgIpc) is 2.79. The number of hydrogen-bond donors (Lipinski definition) is 1. The Kier molecular flexibility index (Phi) is 9.71. The summed E-state index contributed by atoms with van der Waals surface area (Å²) in [6, 6.07) is 19.0. The smallest absolute Gasteiger partial charge is 0.243 e. The molecule has 3 rings (SSSR count). The van der Waals surface area contributed by atoms with Crippen molar-refractivity contribution in [2.75, 3.05) is 0 Å². The molecule has 0 radical (unpaired) electrons. The molecule has 0 aliphatic heterocycles. The van der Waals surface area contributed by atoms with Gasteiger partial charge in [0.25, 0.3) is 0 Å². The quantitative estimate of drug-likeness (QED) is 0.309. The van der Waals surface area contributed by atoms with Crippen LogP contribution in [0.4, 0.5) is 0 Å². The predicted octanol–water partition coefficient (Wildman–Crippen LogP) is 7.40. The van der Waals surface area contributed by atoms with Crippen molar-refractivity contribution in [1.29, 1.82) is 0 Å². The van der Waals surface area contributed by atoms with Gasteiger partial charge in [-0.2, -0.15) is 0 Å². The van der Waals surface area contributed by atoms with Gasteiger partial charge in [0.15, 0.2) is 0 Å². The zero-order valence-corrected chi connectivity index (χ0v) is 23.3. The molecule has 0 bridgehead atoms. The molecule has 36 heavy (non-hydrogen) atoms. The lowest BCUT2D eigenvalue weighted by Gasteiger charge is -2.34. The summed E-state index contributed by atoms with van der Waals surface area (Å²) in [6.45, 7) is 5.88. The summed E-state index contributed by atoms with van der Waals surface area (Å²) in [7, 11) is 0.